The maximum Gasteiger partial charge on any atom is 0.258 e. The summed E-state index contributed by atoms with van der Waals surface area (Å²) in [5.74, 6) is -0.201. The van der Waals surface area contributed by atoms with Crippen molar-refractivity contribution >= 4 is 34.9 Å². The summed E-state index contributed by atoms with van der Waals surface area (Å²) in [5, 5.41) is 8.20. The van der Waals surface area contributed by atoms with E-state index in [1.54, 1.807) is 55.5 Å². The number of hydrogen-bond donors (Lipinski definition) is 1. The molecule has 0 spiro atoms. The number of carbonyl (C=O) groups is 1. The van der Waals surface area contributed by atoms with Crippen molar-refractivity contribution in [2.24, 2.45) is 0 Å². The molecule has 1 amide bonds. The third kappa shape index (κ3) is 4.31. The first-order valence-corrected chi connectivity index (χ1v) is 10.6. The molecule has 0 atom stereocenters. The molecule has 4 aromatic rings. The normalized spacial score (nSPS) is 10.8. The van der Waals surface area contributed by atoms with Crippen LogP contribution >= 0.6 is 23.2 Å². The molecular formula is C25H19Cl2N3O2. The van der Waals surface area contributed by atoms with Crippen LogP contribution in [0.5, 0.6) is 0 Å². The summed E-state index contributed by atoms with van der Waals surface area (Å²) in [6.07, 6.45) is 0. The molecule has 1 N–H and O–H groups in total. The lowest BCUT2D eigenvalue weighted by Gasteiger charge is -2.19. The minimum absolute atomic E-state index is 0.247. The van der Waals surface area contributed by atoms with Gasteiger partial charge in [-0.1, -0.05) is 65.2 Å². The maximum atomic E-state index is 13.2. The van der Waals surface area contributed by atoms with Crippen LogP contribution in [0.4, 0.5) is 5.82 Å². The van der Waals surface area contributed by atoms with Crippen molar-refractivity contribution in [3.63, 3.8) is 0 Å². The molecule has 0 radical (unpaired) electrons. The Kier molecular flexibility index (Phi) is 6.12. The summed E-state index contributed by atoms with van der Waals surface area (Å²) in [6, 6.07) is 21.2. The van der Waals surface area contributed by atoms with Gasteiger partial charge in [-0.2, -0.15) is 5.10 Å². The van der Waals surface area contributed by atoms with E-state index in [0.29, 0.717) is 38.1 Å². The predicted octanol–water partition coefficient (Wildman–Crippen LogP) is 6.08. The lowest BCUT2D eigenvalue weighted by atomic mass is 10.0. The van der Waals surface area contributed by atoms with Crippen molar-refractivity contribution < 1.29 is 4.79 Å². The van der Waals surface area contributed by atoms with Gasteiger partial charge >= 0.3 is 0 Å². The van der Waals surface area contributed by atoms with E-state index in [4.69, 9.17) is 23.2 Å². The second-order valence-corrected chi connectivity index (χ2v) is 8.17. The van der Waals surface area contributed by atoms with Crippen LogP contribution in [0.25, 0.3) is 16.8 Å². The van der Waals surface area contributed by atoms with E-state index in [1.807, 2.05) is 31.2 Å². The quantitative estimate of drug-likeness (QED) is 0.399. The van der Waals surface area contributed by atoms with Gasteiger partial charge in [0.25, 0.3) is 5.91 Å². The lowest BCUT2D eigenvalue weighted by Crippen LogP contribution is -2.25. The fraction of sp³-hybridized carbons (Fsp3) is 0.0800. The Morgan fingerprint density at radius 2 is 1.56 bits per heavy atom. The monoisotopic (exact) mass is 463 g/mol. The second-order valence-electron chi connectivity index (χ2n) is 7.33. The van der Waals surface area contributed by atoms with Crippen molar-refractivity contribution in [2.45, 2.75) is 13.8 Å². The summed E-state index contributed by atoms with van der Waals surface area (Å²) in [5.41, 5.74) is 3.02. The maximum absolute atomic E-state index is 13.2. The van der Waals surface area contributed by atoms with Gasteiger partial charge in [-0.05, 0) is 55.8 Å². The van der Waals surface area contributed by atoms with Crippen LogP contribution in [0.3, 0.4) is 0 Å². The summed E-state index contributed by atoms with van der Waals surface area (Å²) in [6.45, 7) is 3.61. The van der Waals surface area contributed by atoms with Crippen molar-refractivity contribution in [1.82, 2.24) is 9.78 Å². The largest absolute Gasteiger partial charge is 0.306 e. The Morgan fingerprint density at radius 3 is 2.22 bits per heavy atom. The van der Waals surface area contributed by atoms with Gasteiger partial charge in [-0.25, -0.2) is 4.68 Å². The number of benzene rings is 3. The van der Waals surface area contributed by atoms with E-state index in [9.17, 15) is 9.59 Å². The van der Waals surface area contributed by atoms with Gasteiger partial charge in [0.15, 0.2) is 0 Å². The van der Waals surface area contributed by atoms with E-state index < -0.39 is 5.91 Å². The molecule has 0 aliphatic rings. The van der Waals surface area contributed by atoms with Crippen LogP contribution in [-0.4, -0.2) is 15.7 Å². The average Bonchev–Trinajstić information content (AvgIpc) is 2.78. The zero-order chi connectivity index (χ0) is 22.8. The van der Waals surface area contributed by atoms with Crippen LogP contribution in [0.15, 0.2) is 77.6 Å². The summed E-state index contributed by atoms with van der Waals surface area (Å²) >= 11 is 12.3. The highest BCUT2D eigenvalue weighted by atomic mass is 35.5. The van der Waals surface area contributed by atoms with E-state index in [1.165, 1.54) is 4.68 Å². The zero-order valence-electron chi connectivity index (χ0n) is 17.4. The Hall–Kier alpha value is -3.41. The highest BCUT2D eigenvalue weighted by Crippen LogP contribution is 2.29. The fourth-order valence-electron chi connectivity index (χ4n) is 3.33. The molecule has 0 saturated carbocycles. The molecule has 1 aromatic heterocycles. The van der Waals surface area contributed by atoms with Crippen LogP contribution in [-0.2, 0) is 0 Å². The van der Waals surface area contributed by atoms with E-state index in [0.717, 1.165) is 5.56 Å². The number of carbonyl (C=O) groups excluding carboxylic acids is 1. The van der Waals surface area contributed by atoms with Gasteiger partial charge in [0.05, 0.1) is 21.8 Å². The molecule has 32 heavy (non-hydrogen) atoms. The molecule has 3 aromatic carbocycles. The summed E-state index contributed by atoms with van der Waals surface area (Å²) in [4.78, 5) is 26.4. The van der Waals surface area contributed by atoms with Gasteiger partial charge in [0.1, 0.15) is 11.5 Å². The van der Waals surface area contributed by atoms with Crippen molar-refractivity contribution in [3.8, 4) is 16.8 Å². The Labute approximate surface area is 195 Å². The summed E-state index contributed by atoms with van der Waals surface area (Å²) in [7, 11) is 0. The third-order valence-corrected chi connectivity index (χ3v) is 5.60. The molecule has 0 aliphatic carbocycles. The highest BCUT2D eigenvalue weighted by molar-refractivity contribution is 6.34. The summed E-state index contributed by atoms with van der Waals surface area (Å²) < 4.78 is 1.54. The molecule has 7 heteroatoms. The third-order valence-electron chi connectivity index (χ3n) is 5.02. The molecule has 160 valence electrons. The predicted molar refractivity (Wildman–Crippen MR) is 129 cm³/mol. The number of aryl methyl sites for hydroxylation is 2. The van der Waals surface area contributed by atoms with Crippen LogP contribution < -0.4 is 10.7 Å². The Balaban J connectivity index is 1.97. The standard InChI is InChI=1S/C25H19Cl2N3O2/c1-15-7-9-17(10-8-15)22-23(31)16(2)29-30(19-13-11-18(26)12-14-19)24(22)28-25(32)20-5-3-4-6-21(20)27/h3-14H,1-2H3,(H,28,32). The number of aromatic nitrogens is 2. The van der Waals surface area contributed by atoms with Crippen LogP contribution in [0.2, 0.25) is 10.0 Å². The first kappa shape index (κ1) is 21.8. The van der Waals surface area contributed by atoms with Gasteiger partial charge in [-0.15, -0.1) is 0 Å². The smallest absolute Gasteiger partial charge is 0.258 e. The van der Waals surface area contributed by atoms with Gasteiger partial charge < -0.3 is 5.32 Å². The molecule has 1 heterocycles. The number of halogens is 2. The number of amides is 1. The fourth-order valence-corrected chi connectivity index (χ4v) is 3.68. The Bertz CT molecular complexity index is 1360. The molecule has 0 bridgehead atoms. The molecule has 0 saturated heterocycles. The minimum atomic E-state index is -0.447. The molecule has 5 nitrogen and oxygen atoms in total. The van der Waals surface area contributed by atoms with Crippen LogP contribution in [0, 0.1) is 13.8 Å². The van der Waals surface area contributed by atoms with Gasteiger partial charge in [0, 0.05) is 5.02 Å². The average molecular weight is 464 g/mol. The van der Waals surface area contributed by atoms with Crippen molar-refractivity contribution in [3.05, 3.63) is 110 Å². The number of nitrogens with one attached hydrogen (secondary N) is 1. The van der Waals surface area contributed by atoms with E-state index >= 15 is 0 Å². The zero-order valence-corrected chi connectivity index (χ0v) is 18.9. The van der Waals surface area contributed by atoms with Crippen molar-refractivity contribution in [1.29, 1.82) is 0 Å². The van der Waals surface area contributed by atoms with Gasteiger partial charge in [0.2, 0.25) is 5.43 Å². The SMILES string of the molecule is Cc1ccc(-c2c(NC(=O)c3ccccc3Cl)n(-c3ccc(Cl)cc3)nc(C)c2=O)cc1. The number of hydrogen-bond acceptors (Lipinski definition) is 3. The van der Waals surface area contributed by atoms with Crippen molar-refractivity contribution in [2.75, 3.05) is 5.32 Å². The number of rotatable bonds is 4. The van der Waals surface area contributed by atoms with Gasteiger partial charge in [-0.3, -0.25) is 9.59 Å². The molecular weight excluding hydrogens is 445 g/mol. The molecule has 0 unspecified atom stereocenters. The number of nitrogens with zero attached hydrogens (tertiary/aromatic N) is 2. The lowest BCUT2D eigenvalue weighted by molar-refractivity contribution is 0.102. The first-order chi connectivity index (χ1) is 15.3. The molecule has 0 aliphatic heterocycles. The Morgan fingerprint density at radius 1 is 0.906 bits per heavy atom. The van der Waals surface area contributed by atoms with Crippen LogP contribution in [0.1, 0.15) is 21.6 Å². The topological polar surface area (TPSA) is 64.0 Å². The minimum Gasteiger partial charge on any atom is -0.306 e. The highest BCUT2D eigenvalue weighted by Gasteiger charge is 2.21. The molecule has 0 fully saturated rings. The number of anilines is 1. The van der Waals surface area contributed by atoms with E-state index in [-0.39, 0.29) is 11.2 Å². The first-order valence-electron chi connectivity index (χ1n) is 9.88. The van der Waals surface area contributed by atoms with E-state index in [2.05, 4.69) is 10.4 Å². The second kappa shape index (κ2) is 8.99. The molecule has 4 rings (SSSR count).